The van der Waals surface area contributed by atoms with Gasteiger partial charge in [-0.15, -0.1) is 0 Å². The van der Waals surface area contributed by atoms with Crippen molar-refractivity contribution in [2.45, 2.75) is 6.92 Å². The number of amides is 2. The van der Waals surface area contributed by atoms with E-state index in [9.17, 15) is 9.59 Å². The minimum atomic E-state index is -0.458. The van der Waals surface area contributed by atoms with E-state index in [1.54, 1.807) is 56.6 Å². The van der Waals surface area contributed by atoms with Gasteiger partial charge in [-0.25, -0.2) is 5.43 Å². The summed E-state index contributed by atoms with van der Waals surface area (Å²) in [5.74, 6) is -0.574. The summed E-state index contributed by atoms with van der Waals surface area (Å²) in [7, 11) is 1.70. The van der Waals surface area contributed by atoms with E-state index in [-0.39, 0.29) is 11.7 Å². The molecule has 0 saturated heterocycles. The van der Waals surface area contributed by atoms with Crippen LogP contribution in [-0.2, 0) is 7.05 Å². The molecular formula is C18H16BrN5O3. The molecule has 0 fully saturated rings. The van der Waals surface area contributed by atoms with Crippen molar-refractivity contribution in [1.29, 1.82) is 0 Å². The van der Waals surface area contributed by atoms with Crippen LogP contribution < -0.4 is 10.7 Å². The molecule has 8 nitrogen and oxygen atoms in total. The zero-order chi connectivity index (χ0) is 19.4. The second kappa shape index (κ2) is 8.00. The van der Waals surface area contributed by atoms with Crippen LogP contribution >= 0.6 is 15.9 Å². The summed E-state index contributed by atoms with van der Waals surface area (Å²) in [5, 5.41) is 10.9. The van der Waals surface area contributed by atoms with Crippen molar-refractivity contribution in [3.05, 3.63) is 70.3 Å². The van der Waals surface area contributed by atoms with E-state index < -0.39 is 5.91 Å². The maximum Gasteiger partial charge on any atom is 0.307 e. The molecule has 3 rings (SSSR count). The van der Waals surface area contributed by atoms with Crippen molar-refractivity contribution >= 4 is 39.1 Å². The molecule has 0 bridgehead atoms. The second-order valence-corrected chi connectivity index (χ2v) is 6.40. The van der Waals surface area contributed by atoms with Crippen LogP contribution in [0.2, 0.25) is 0 Å². The molecule has 0 unspecified atom stereocenters. The molecule has 2 N–H and O–H groups in total. The average Bonchev–Trinajstić information content (AvgIpc) is 3.28. The maximum atomic E-state index is 12.3. The van der Waals surface area contributed by atoms with Gasteiger partial charge < -0.3 is 9.73 Å². The molecule has 0 atom stereocenters. The van der Waals surface area contributed by atoms with Crippen LogP contribution in [-0.4, -0.2) is 27.3 Å². The molecule has 2 amide bonds. The quantitative estimate of drug-likeness (QED) is 0.480. The van der Waals surface area contributed by atoms with Crippen LogP contribution in [0.3, 0.4) is 0 Å². The minimum Gasteiger partial charge on any atom is -0.444 e. The Labute approximate surface area is 163 Å². The maximum absolute atomic E-state index is 12.3. The minimum absolute atomic E-state index is 0.149. The largest absolute Gasteiger partial charge is 0.444 e. The van der Waals surface area contributed by atoms with E-state index in [0.29, 0.717) is 21.8 Å². The highest BCUT2D eigenvalue weighted by Gasteiger charge is 2.12. The lowest BCUT2D eigenvalue weighted by Crippen LogP contribution is -2.19. The number of hydrogen-bond acceptors (Lipinski definition) is 5. The van der Waals surface area contributed by atoms with Gasteiger partial charge in [0.25, 0.3) is 5.91 Å². The van der Waals surface area contributed by atoms with Crippen LogP contribution in [0.15, 0.2) is 62.8 Å². The predicted molar refractivity (Wildman–Crippen MR) is 104 cm³/mol. The Balaban J connectivity index is 1.69. The van der Waals surface area contributed by atoms with Crippen molar-refractivity contribution in [2.24, 2.45) is 12.1 Å². The molecule has 2 aromatic heterocycles. The number of aryl methyl sites for hydroxylation is 1. The molecule has 2 heterocycles. The van der Waals surface area contributed by atoms with Crippen LogP contribution in [0.4, 0.5) is 5.69 Å². The van der Waals surface area contributed by atoms with Crippen LogP contribution in [0.25, 0.3) is 0 Å². The molecule has 0 aliphatic rings. The van der Waals surface area contributed by atoms with E-state index in [4.69, 9.17) is 4.42 Å². The van der Waals surface area contributed by atoms with Crippen LogP contribution in [0.5, 0.6) is 0 Å². The molecule has 9 heteroatoms. The van der Waals surface area contributed by atoms with E-state index >= 15 is 0 Å². The summed E-state index contributed by atoms with van der Waals surface area (Å²) >= 11 is 3.14. The van der Waals surface area contributed by atoms with Crippen molar-refractivity contribution in [3.63, 3.8) is 0 Å². The zero-order valence-corrected chi connectivity index (χ0v) is 16.1. The Kier molecular flexibility index (Phi) is 5.51. The van der Waals surface area contributed by atoms with Gasteiger partial charge in [0.05, 0.1) is 5.71 Å². The SMILES string of the molecule is CC(=NNC(=O)c1ccc(Br)o1)c1cccc(NC(=O)c2ccnn2C)c1. The van der Waals surface area contributed by atoms with Crippen LogP contribution in [0.1, 0.15) is 33.5 Å². The highest BCUT2D eigenvalue weighted by atomic mass is 79.9. The van der Waals surface area contributed by atoms with E-state index in [0.717, 1.165) is 5.56 Å². The lowest BCUT2D eigenvalue weighted by molar-refractivity contribution is 0.0925. The fraction of sp³-hybridized carbons (Fsp3) is 0.111. The van der Waals surface area contributed by atoms with Crippen molar-refractivity contribution < 1.29 is 14.0 Å². The number of furan rings is 1. The number of benzene rings is 1. The topological polar surface area (TPSA) is 102 Å². The monoisotopic (exact) mass is 429 g/mol. The molecule has 0 spiro atoms. The van der Waals surface area contributed by atoms with Gasteiger partial charge in [0.1, 0.15) is 5.69 Å². The normalized spacial score (nSPS) is 11.3. The number of nitrogens with zero attached hydrogens (tertiary/aromatic N) is 3. The molecule has 0 saturated carbocycles. The predicted octanol–water partition coefficient (Wildman–Crippen LogP) is 3.18. The molecule has 3 aromatic rings. The Hall–Kier alpha value is -3.20. The van der Waals surface area contributed by atoms with Gasteiger partial charge in [0.2, 0.25) is 0 Å². The van der Waals surface area contributed by atoms with Gasteiger partial charge >= 0.3 is 5.91 Å². The van der Waals surface area contributed by atoms with Gasteiger partial charge in [0.15, 0.2) is 10.4 Å². The molecule has 27 heavy (non-hydrogen) atoms. The first-order chi connectivity index (χ1) is 12.9. The van der Waals surface area contributed by atoms with Gasteiger partial charge in [0, 0.05) is 18.9 Å². The molecule has 0 aliphatic heterocycles. The van der Waals surface area contributed by atoms with Gasteiger partial charge in [-0.2, -0.15) is 10.2 Å². The van der Waals surface area contributed by atoms with Crippen molar-refractivity contribution in [3.8, 4) is 0 Å². The van der Waals surface area contributed by atoms with Crippen molar-refractivity contribution in [2.75, 3.05) is 5.32 Å². The summed E-state index contributed by atoms with van der Waals surface area (Å²) in [6, 6.07) is 12.0. The molecule has 138 valence electrons. The number of carbonyl (C=O) groups excluding carboxylic acids is 2. The van der Waals surface area contributed by atoms with Crippen LogP contribution in [0, 0.1) is 0 Å². The summed E-state index contributed by atoms with van der Waals surface area (Å²) in [5.41, 5.74) is 4.81. The molecule has 0 radical (unpaired) electrons. The van der Waals surface area contributed by atoms with E-state index in [2.05, 4.69) is 36.9 Å². The molecule has 0 aliphatic carbocycles. The van der Waals surface area contributed by atoms with Gasteiger partial charge in [-0.3, -0.25) is 14.3 Å². The van der Waals surface area contributed by atoms with E-state index in [1.165, 1.54) is 4.68 Å². The lowest BCUT2D eigenvalue weighted by atomic mass is 10.1. The third-order valence-corrected chi connectivity index (χ3v) is 4.14. The Morgan fingerprint density at radius 1 is 1.19 bits per heavy atom. The summed E-state index contributed by atoms with van der Waals surface area (Å²) in [6.45, 7) is 1.75. The first-order valence-corrected chi connectivity index (χ1v) is 8.73. The third kappa shape index (κ3) is 4.50. The highest BCUT2D eigenvalue weighted by molar-refractivity contribution is 9.10. The van der Waals surface area contributed by atoms with Gasteiger partial charge in [-0.05, 0) is 58.7 Å². The highest BCUT2D eigenvalue weighted by Crippen LogP contribution is 2.15. The number of hydrogen-bond donors (Lipinski definition) is 2. The summed E-state index contributed by atoms with van der Waals surface area (Å²) < 4.78 is 7.13. The first-order valence-electron chi connectivity index (χ1n) is 7.94. The number of anilines is 1. The smallest absolute Gasteiger partial charge is 0.307 e. The summed E-state index contributed by atoms with van der Waals surface area (Å²) in [6.07, 6.45) is 1.56. The third-order valence-electron chi connectivity index (χ3n) is 3.71. The van der Waals surface area contributed by atoms with Crippen molar-refractivity contribution in [1.82, 2.24) is 15.2 Å². The number of hydrazone groups is 1. The Morgan fingerprint density at radius 2 is 2.00 bits per heavy atom. The summed E-state index contributed by atoms with van der Waals surface area (Å²) in [4.78, 5) is 24.2. The number of rotatable bonds is 5. The molecular weight excluding hydrogens is 414 g/mol. The molecule has 1 aromatic carbocycles. The Bertz CT molecular complexity index is 1020. The standard InChI is InChI=1S/C18H16BrN5O3/c1-11(22-23-18(26)15-6-7-16(19)27-15)12-4-3-5-13(10-12)21-17(25)14-8-9-20-24(14)2/h3-10H,1-2H3,(H,21,25)(H,23,26). The number of nitrogens with one attached hydrogen (secondary N) is 2. The fourth-order valence-electron chi connectivity index (χ4n) is 2.30. The Morgan fingerprint density at radius 3 is 2.67 bits per heavy atom. The zero-order valence-electron chi connectivity index (χ0n) is 14.6. The fourth-order valence-corrected chi connectivity index (χ4v) is 2.61. The average molecular weight is 430 g/mol. The number of aromatic nitrogens is 2. The van der Waals surface area contributed by atoms with Gasteiger partial charge in [-0.1, -0.05) is 12.1 Å². The van der Waals surface area contributed by atoms with E-state index in [1.807, 2.05) is 6.07 Å². The first kappa shape index (κ1) is 18.6. The second-order valence-electron chi connectivity index (χ2n) is 5.62. The number of carbonyl (C=O) groups is 2. The number of halogens is 1. The lowest BCUT2D eigenvalue weighted by Gasteiger charge is -2.08.